The quantitative estimate of drug-likeness (QED) is 0.475. The number of rotatable bonds is 9. The summed E-state index contributed by atoms with van der Waals surface area (Å²) in [4.78, 5) is 16.8. The molecule has 7 nitrogen and oxygen atoms in total. The number of halogens is 1. The molecule has 0 atom stereocenters. The van der Waals surface area contributed by atoms with Gasteiger partial charge in [-0.05, 0) is 36.4 Å². The molecular formula is C22H24FN5O2S2. The molecule has 1 aliphatic rings. The molecule has 4 rings (SSSR count). The van der Waals surface area contributed by atoms with E-state index in [0.717, 1.165) is 48.5 Å². The summed E-state index contributed by atoms with van der Waals surface area (Å²) in [5.41, 5.74) is 0.738. The molecule has 168 valence electrons. The van der Waals surface area contributed by atoms with Crippen molar-refractivity contribution in [2.75, 3.05) is 50.4 Å². The first-order chi connectivity index (χ1) is 15.7. The van der Waals surface area contributed by atoms with Crippen molar-refractivity contribution < 1.29 is 13.9 Å². The van der Waals surface area contributed by atoms with Gasteiger partial charge in [-0.25, -0.2) is 4.39 Å². The Morgan fingerprint density at radius 2 is 1.81 bits per heavy atom. The number of ether oxygens (including phenoxy) is 1. The number of piperazine rings is 1. The molecule has 0 spiro atoms. The molecule has 2 aromatic carbocycles. The van der Waals surface area contributed by atoms with Gasteiger partial charge in [0.15, 0.2) is 4.34 Å². The Morgan fingerprint density at radius 1 is 1.06 bits per heavy atom. The van der Waals surface area contributed by atoms with Crippen molar-refractivity contribution in [2.45, 2.75) is 4.34 Å². The van der Waals surface area contributed by atoms with E-state index in [9.17, 15) is 9.18 Å². The standard InChI is InChI=1S/C22H24FN5O2S2/c23-17-6-8-18(9-7-17)24-21-25-26-22(32-21)31-16-20(29)28-12-10-27(11-13-28)14-15-30-19-4-2-1-3-5-19/h1-9H,10-16H2,(H,24,25). The third-order valence-electron chi connectivity index (χ3n) is 4.97. The van der Waals surface area contributed by atoms with Crippen molar-refractivity contribution >= 4 is 39.8 Å². The smallest absolute Gasteiger partial charge is 0.233 e. The molecule has 0 radical (unpaired) electrons. The number of carbonyl (C=O) groups excluding carboxylic acids is 1. The fourth-order valence-corrected chi connectivity index (χ4v) is 4.90. The van der Waals surface area contributed by atoms with Gasteiger partial charge in [0, 0.05) is 38.4 Å². The van der Waals surface area contributed by atoms with Gasteiger partial charge in [0.25, 0.3) is 0 Å². The molecule has 1 amide bonds. The lowest BCUT2D eigenvalue weighted by Gasteiger charge is -2.34. The predicted octanol–water partition coefficient (Wildman–Crippen LogP) is 3.74. The summed E-state index contributed by atoms with van der Waals surface area (Å²) in [5.74, 6) is 1.04. The second-order valence-corrected chi connectivity index (χ2v) is 9.38. The van der Waals surface area contributed by atoms with Gasteiger partial charge >= 0.3 is 0 Å². The monoisotopic (exact) mass is 473 g/mol. The Morgan fingerprint density at radius 3 is 2.56 bits per heavy atom. The van der Waals surface area contributed by atoms with Crippen molar-refractivity contribution in [2.24, 2.45) is 0 Å². The number of benzene rings is 2. The number of nitrogens with one attached hydrogen (secondary N) is 1. The molecule has 0 aliphatic carbocycles. The number of hydrogen-bond acceptors (Lipinski definition) is 8. The molecule has 1 saturated heterocycles. The van der Waals surface area contributed by atoms with Crippen LogP contribution in [-0.4, -0.2) is 71.0 Å². The molecule has 3 aromatic rings. The highest BCUT2D eigenvalue weighted by atomic mass is 32.2. The maximum absolute atomic E-state index is 13.0. The highest BCUT2D eigenvalue weighted by Crippen LogP contribution is 2.28. The van der Waals surface area contributed by atoms with E-state index in [1.165, 1.54) is 35.2 Å². The van der Waals surface area contributed by atoms with Crippen LogP contribution in [0.25, 0.3) is 0 Å². The second kappa shape index (κ2) is 11.3. The van der Waals surface area contributed by atoms with Gasteiger partial charge < -0.3 is 15.0 Å². The zero-order valence-corrected chi connectivity index (χ0v) is 19.1. The predicted molar refractivity (Wildman–Crippen MR) is 125 cm³/mol. The van der Waals surface area contributed by atoms with Crippen LogP contribution in [0.2, 0.25) is 0 Å². The number of anilines is 2. The van der Waals surface area contributed by atoms with Crippen LogP contribution in [0.15, 0.2) is 58.9 Å². The summed E-state index contributed by atoms with van der Waals surface area (Å²) in [6.45, 7) is 4.62. The van der Waals surface area contributed by atoms with Crippen molar-refractivity contribution in [3.8, 4) is 5.75 Å². The van der Waals surface area contributed by atoms with Gasteiger partial charge in [-0.3, -0.25) is 9.69 Å². The summed E-state index contributed by atoms with van der Waals surface area (Å²) >= 11 is 2.76. The first kappa shape index (κ1) is 22.5. The molecular weight excluding hydrogens is 449 g/mol. The lowest BCUT2D eigenvalue weighted by molar-refractivity contribution is -0.130. The van der Waals surface area contributed by atoms with Gasteiger partial charge in [-0.15, -0.1) is 10.2 Å². The molecule has 0 unspecified atom stereocenters. The molecule has 1 aromatic heterocycles. The topological polar surface area (TPSA) is 70.6 Å². The van der Waals surface area contributed by atoms with Crippen molar-refractivity contribution in [3.63, 3.8) is 0 Å². The Labute approximate surface area is 194 Å². The minimum Gasteiger partial charge on any atom is -0.492 e. The fraction of sp³-hybridized carbons (Fsp3) is 0.318. The lowest BCUT2D eigenvalue weighted by atomic mass is 10.3. The third kappa shape index (κ3) is 6.65. The van der Waals surface area contributed by atoms with Crippen LogP contribution in [0.1, 0.15) is 0 Å². The molecule has 1 N–H and O–H groups in total. The number of hydrogen-bond donors (Lipinski definition) is 1. The maximum Gasteiger partial charge on any atom is 0.233 e. The third-order valence-corrected chi connectivity index (χ3v) is 6.92. The van der Waals surface area contributed by atoms with Gasteiger partial charge in [-0.2, -0.15) is 0 Å². The molecule has 1 fully saturated rings. The number of nitrogens with zero attached hydrogens (tertiary/aromatic N) is 4. The molecule has 2 heterocycles. The van der Waals surface area contributed by atoms with Crippen LogP contribution in [-0.2, 0) is 4.79 Å². The highest BCUT2D eigenvalue weighted by molar-refractivity contribution is 8.01. The minimum absolute atomic E-state index is 0.110. The van der Waals surface area contributed by atoms with Crippen LogP contribution in [0.5, 0.6) is 5.75 Å². The van der Waals surface area contributed by atoms with E-state index in [0.29, 0.717) is 17.5 Å². The summed E-state index contributed by atoms with van der Waals surface area (Å²) in [7, 11) is 0. The van der Waals surface area contributed by atoms with Crippen molar-refractivity contribution in [3.05, 3.63) is 60.4 Å². The number of thioether (sulfide) groups is 1. The van der Waals surface area contributed by atoms with E-state index < -0.39 is 0 Å². The average molecular weight is 474 g/mol. The molecule has 0 saturated carbocycles. The minimum atomic E-state index is -0.288. The van der Waals surface area contributed by atoms with E-state index in [1.54, 1.807) is 12.1 Å². The summed E-state index contributed by atoms with van der Waals surface area (Å²) in [6, 6.07) is 15.8. The van der Waals surface area contributed by atoms with Crippen LogP contribution in [0.3, 0.4) is 0 Å². The largest absolute Gasteiger partial charge is 0.492 e. The van der Waals surface area contributed by atoms with Crippen molar-refractivity contribution in [1.82, 2.24) is 20.0 Å². The van der Waals surface area contributed by atoms with Gasteiger partial charge in [0.2, 0.25) is 11.0 Å². The Hall–Kier alpha value is -2.69. The van der Waals surface area contributed by atoms with E-state index >= 15 is 0 Å². The Kier molecular flexibility index (Phi) is 7.92. The van der Waals surface area contributed by atoms with E-state index in [-0.39, 0.29) is 11.7 Å². The van der Waals surface area contributed by atoms with Crippen LogP contribution in [0, 0.1) is 5.82 Å². The zero-order chi connectivity index (χ0) is 22.2. The Balaban J connectivity index is 1.15. The number of para-hydroxylation sites is 1. The van der Waals surface area contributed by atoms with E-state index in [1.807, 2.05) is 35.2 Å². The maximum atomic E-state index is 13.0. The summed E-state index contributed by atoms with van der Waals surface area (Å²) in [6.07, 6.45) is 0. The van der Waals surface area contributed by atoms with Crippen LogP contribution >= 0.6 is 23.1 Å². The zero-order valence-electron chi connectivity index (χ0n) is 17.4. The number of aromatic nitrogens is 2. The summed E-state index contributed by atoms with van der Waals surface area (Å²) in [5, 5.41) is 11.9. The second-order valence-electron chi connectivity index (χ2n) is 7.18. The first-order valence-corrected chi connectivity index (χ1v) is 12.1. The number of amides is 1. The van der Waals surface area contributed by atoms with Crippen LogP contribution < -0.4 is 10.1 Å². The Bertz CT molecular complexity index is 995. The molecule has 0 bridgehead atoms. The van der Waals surface area contributed by atoms with Crippen molar-refractivity contribution in [1.29, 1.82) is 0 Å². The average Bonchev–Trinajstić information content (AvgIpc) is 3.27. The SMILES string of the molecule is O=C(CSc1nnc(Nc2ccc(F)cc2)s1)N1CCN(CCOc2ccccc2)CC1. The van der Waals surface area contributed by atoms with Gasteiger partial charge in [0.1, 0.15) is 18.2 Å². The normalized spacial score (nSPS) is 14.3. The van der Waals surface area contributed by atoms with E-state index in [2.05, 4.69) is 20.4 Å². The van der Waals surface area contributed by atoms with Crippen LogP contribution in [0.4, 0.5) is 15.2 Å². The van der Waals surface area contributed by atoms with E-state index in [4.69, 9.17) is 4.74 Å². The molecule has 10 heteroatoms. The molecule has 32 heavy (non-hydrogen) atoms. The summed E-state index contributed by atoms with van der Waals surface area (Å²) < 4.78 is 19.5. The fourth-order valence-electron chi connectivity index (χ4n) is 3.22. The first-order valence-electron chi connectivity index (χ1n) is 10.3. The lowest BCUT2D eigenvalue weighted by Crippen LogP contribution is -2.50. The van der Waals surface area contributed by atoms with Gasteiger partial charge in [0.05, 0.1) is 5.75 Å². The molecule has 1 aliphatic heterocycles. The van der Waals surface area contributed by atoms with Gasteiger partial charge in [-0.1, -0.05) is 41.3 Å². The number of carbonyl (C=O) groups is 1. The highest BCUT2D eigenvalue weighted by Gasteiger charge is 2.21.